The first-order chi connectivity index (χ1) is 13.8. The molecule has 0 saturated carbocycles. The maximum atomic E-state index is 13.1. The average Bonchev–Trinajstić information content (AvgIpc) is 2.74. The summed E-state index contributed by atoms with van der Waals surface area (Å²) < 4.78 is 18.9. The van der Waals surface area contributed by atoms with Gasteiger partial charge in [-0.2, -0.15) is 0 Å². The smallest absolute Gasteiger partial charge is 0.123 e. The van der Waals surface area contributed by atoms with Gasteiger partial charge < -0.3 is 10.1 Å². The lowest BCUT2D eigenvalue weighted by Crippen LogP contribution is -2.20. The number of hydrogen-bond donors (Lipinski definition) is 1. The summed E-state index contributed by atoms with van der Waals surface area (Å²) >= 11 is 0. The third-order valence-electron chi connectivity index (χ3n) is 4.42. The molecule has 0 saturated heterocycles. The van der Waals surface area contributed by atoms with Crippen molar-refractivity contribution in [3.8, 4) is 16.9 Å². The second kappa shape index (κ2) is 13.1. The van der Waals surface area contributed by atoms with Gasteiger partial charge in [-0.1, -0.05) is 18.2 Å². The minimum atomic E-state index is -0.239. The molecule has 2 aromatic heterocycles. The highest BCUT2D eigenvalue weighted by molar-refractivity contribution is 5.86. The van der Waals surface area contributed by atoms with Crippen LogP contribution in [0.15, 0.2) is 79.3 Å². The zero-order chi connectivity index (χ0) is 19.2. The number of aromatic nitrogens is 2. The highest BCUT2D eigenvalue weighted by atomic mass is 35.5. The van der Waals surface area contributed by atoms with Crippen molar-refractivity contribution in [3.05, 3.63) is 90.6 Å². The first-order valence-electron chi connectivity index (χ1n) is 9.16. The molecule has 0 fully saturated rings. The number of ether oxygens (including phenoxy) is 1. The minimum Gasteiger partial charge on any atom is -0.492 e. The molecule has 0 atom stereocenters. The van der Waals surface area contributed by atoms with E-state index in [0.29, 0.717) is 19.7 Å². The van der Waals surface area contributed by atoms with Gasteiger partial charge in [0.1, 0.15) is 18.2 Å². The molecule has 4 aromatic rings. The van der Waals surface area contributed by atoms with E-state index in [-0.39, 0.29) is 43.0 Å². The molecule has 8 heteroatoms. The molecule has 31 heavy (non-hydrogen) atoms. The first kappa shape index (κ1) is 26.6. The number of halogens is 4. The fourth-order valence-electron chi connectivity index (χ4n) is 3.00. The fraction of sp³-hybridized carbons (Fsp3) is 0.130. The number of nitrogens with one attached hydrogen (secondary N) is 1. The van der Waals surface area contributed by atoms with Gasteiger partial charge in [-0.3, -0.25) is 9.97 Å². The van der Waals surface area contributed by atoms with Crippen molar-refractivity contribution >= 4 is 48.1 Å². The number of fused-ring (bicyclic) bond motifs is 1. The molecule has 2 aromatic carbocycles. The monoisotopic (exact) mass is 481 g/mol. The SMILES string of the molecule is Cl.Cl.Cl.Fc1ccc(-c2cncc(CNCCOc3ccc4ncccc4c3)c2)cc1. The second-order valence-electron chi connectivity index (χ2n) is 6.47. The van der Waals surface area contributed by atoms with Crippen molar-refractivity contribution in [2.45, 2.75) is 6.54 Å². The molecule has 0 aliphatic carbocycles. The maximum absolute atomic E-state index is 13.1. The van der Waals surface area contributed by atoms with Crippen LogP contribution < -0.4 is 10.1 Å². The summed E-state index contributed by atoms with van der Waals surface area (Å²) in [5.74, 6) is 0.597. The molecule has 0 spiro atoms. The quantitative estimate of drug-likeness (QED) is 0.335. The van der Waals surface area contributed by atoms with E-state index in [1.54, 1.807) is 24.5 Å². The Kier molecular flexibility index (Phi) is 11.2. The summed E-state index contributed by atoms with van der Waals surface area (Å²) in [6.45, 7) is 1.97. The van der Waals surface area contributed by atoms with Gasteiger partial charge >= 0.3 is 0 Å². The van der Waals surface area contributed by atoms with Crippen molar-refractivity contribution in [1.82, 2.24) is 15.3 Å². The van der Waals surface area contributed by atoms with Gasteiger partial charge in [0.25, 0.3) is 0 Å². The number of pyridine rings is 2. The van der Waals surface area contributed by atoms with Crippen LogP contribution in [0.2, 0.25) is 0 Å². The maximum Gasteiger partial charge on any atom is 0.123 e. The van der Waals surface area contributed by atoms with E-state index < -0.39 is 0 Å². The van der Waals surface area contributed by atoms with Crippen molar-refractivity contribution < 1.29 is 9.13 Å². The molecule has 2 heterocycles. The summed E-state index contributed by atoms with van der Waals surface area (Å²) in [6, 6.07) is 18.3. The van der Waals surface area contributed by atoms with Crippen LogP contribution in [0.3, 0.4) is 0 Å². The third kappa shape index (κ3) is 7.33. The normalized spacial score (nSPS) is 9.84. The van der Waals surface area contributed by atoms with Crippen LogP contribution in [0.1, 0.15) is 5.56 Å². The van der Waals surface area contributed by atoms with Crippen molar-refractivity contribution in [3.63, 3.8) is 0 Å². The molecule has 0 aliphatic heterocycles. The van der Waals surface area contributed by atoms with Gasteiger partial charge in [0, 0.05) is 42.6 Å². The van der Waals surface area contributed by atoms with Crippen LogP contribution in [-0.4, -0.2) is 23.1 Å². The molecule has 0 unspecified atom stereocenters. The minimum absolute atomic E-state index is 0. The van der Waals surface area contributed by atoms with E-state index in [4.69, 9.17) is 4.74 Å². The number of nitrogens with zero attached hydrogens (tertiary/aromatic N) is 2. The number of benzene rings is 2. The topological polar surface area (TPSA) is 47.0 Å². The molecule has 4 nitrogen and oxygen atoms in total. The van der Waals surface area contributed by atoms with E-state index >= 15 is 0 Å². The Morgan fingerprint density at radius 2 is 1.68 bits per heavy atom. The van der Waals surface area contributed by atoms with Gasteiger partial charge in [-0.25, -0.2) is 4.39 Å². The Labute approximate surface area is 199 Å². The van der Waals surface area contributed by atoms with Gasteiger partial charge in [-0.05, 0) is 53.6 Å². The van der Waals surface area contributed by atoms with E-state index in [0.717, 1.165) is 33.3 Å². The van der Waals surface area contributed by atoms with Gasteiger partial charge in [-0.15, -0.1) is 37.2 Å². The number of rotatable bonds is 7. The van der Waals surface area contributed by atoms with Crippen LogP contribution in [0.25, 0.3) is 22.0 Å². The van der Waals surface area contributed by atoms with Gasteiger partial charge in [0.05, 0.1) is 5.52 Å². The van der Waals surface area contributed by atoms with Gasteiger partial charge in [0.2, 0.25) is 0 Å². The molecule has 4 rings (SSSR count). The lowest BCUT2D eigenvalue weighted by Gasteiger charge is -2.09. The largest absolute Gasteiger partial charge is 0.492 e. The van der Waals surface area contributed by atoms with Crippen LogP contribution in [0, 0.1) is 5.82 Å². The van der Waals surface area contributed by atoms with Crippen molar-refractivity contribution in [2.75, 3.05) is 13.2 Å². The first-order valence-corrected chi connectivity index (χ1v) is 9.16. The lowest BCUT2D eigenvalue weighted by atomic mass is 10.1. The summed E-state index contributed by atoms with van der Waals surface area (Å²) in [7, 11) is 0. The predicted molar refractivity (Wildman–Crippen MR) is 130 cm³/mol. The summed E-state index contributed by atoms with van der Waals surface area (Å²) in [4.78, 5) is 8.59. The van der Waals surface area contributed by atoms with Gasteiger partial charge in [0.15, 0.2) is 0 Å². The summed E-state index contributed by atoms with van der Waals surface area (Å²) in [5.41, 5.74) is 3.95. The molecular weight excluding hydrogens is 460 g/mol. The van der Waals surface area contributed by atoms with E-state index in [9.17, 15) is 4.39 Å². The van der Waals surface area contributed by atoms with Crippen LogP contribution in [-0.2, 0) is 6.54 Å². The van der Waals surface area contributed by atoms with Crippen molar-refractivity contribution in [2.24, 2.45) is 0 Å². The summed E-state index contributed by atoms with van der Waals surface area (Å²) in [6.07, 6.45) is 5.40. The highest BCUT2D eigenvalue weighted by Gasteiger charge is 2.02. The van der Waals surface area contributed by atoms with Crippen LogP contribution >= 0.6 is 37.2 Å². The molecule has 0 amide bonds. The second-order valence-corrected chi connectivity index (χ2v) is 6.47. The van der Waals surface area contributed by atoms with E-state index in [1.807, 2.05) is 36.5 Å². The molecule has 1 N–H and O–H groups in total. The van der Waals surface area contributed by atoms with Crippen molar-refractivity contribution in [1.29, 1.82) is 0 Å². The molecular formula is C23H23Cl3FN3O. The molecule has 164 valence electrons. The lowest BCUT2D eigenvalue weighted by molar-refractivity contribution is 0.314. The Balaban J connectivity index is 0.00000160. The predicted octanol–water partition coefficient (Wildman–Crippen LogP) is 5.87. The van der Waals surface area contributed by atoms with Crippen LogP contribution in [0.4, 0.5) is 4.39 Å². The molecule has 0 radical (unpaired) electrons. The number of hydrogen-bond acceptors (Lipinski definition) is 4. The highest BCUT2D eigenvalue weighted by Crippen LogP contribution is 2.20. The zero-order valence-electron chi connectivity index (χ0n) is 16.5. The molecule has 0 bridgehead atoms. The van der Waals surface area contributed by atoms with E-state index in [2.05, 4.69) is 21.4 Å². The van der Waals surface area contributed by atoms with E-state index in [1.165, 1.54) is 12.1 Å². The Morgan fingerprint density at radius 3 is 2.48 bits per heavy atom. The standard InChI is InChI=1S/C23H20FN3O.3ClH/c24-21-5-3-18(4-6-21)20-12-17(15-26-16-20)14-25-10-11-28-22-7-8-23-19(13-22)2-1-9-27-23;;;/h1-9,12-13,15-16,25H,10-11,14H2;3*1H. The Bertz CT molecular complexity index is 1080. The fourth-order valence-corrected chi connectivity index (χ4v) is 3.00. The van der Waals surface area contributed by atoms with Crippen LogP contribution in [0.5, 0.6) is 5.75 Å². The average molecular weight is 483 g/mol. The Hall–Kier alpha value is -2.44. The third-order valence-corrected chi connectivity index (χ3v) is 4.42. The Morgan fingerprint density at radius 1 is 0.871 bits per heavy atom. The zero-order valence-corrected chi connectivity index (χ0v) is 19.0. The molecule has 0 aliphatic rings. The summed E-state index contributed by atoms with van der Waals surface area (Å²) in [5, 5.41) is 4.43.